The third-order valence-corrected chi connectivity index (χ3v) is 4.90. The van der Waals surface area contributed by atoms with Gasteiger partial charge in [0.2, 0.25) is 5.91 Å². The number of carbonyl (C=O) groups is 1. The van der Waals surface area contributed by atoms with Gasteiger partial charge in [0.15, 0.2) is 0 Å². The lowest BCUT2D eigenvalue weighted by Gasteiger charge is -2.38. The highest BCUT2D eigenvalue weighted by Gasteiger charge is 2.27. The van der Waals surface area contributed by atoms with Crippen LogP contribution in [-0.4, -0.2) is 36.5 Å². The van der Waals surface area contributed by atoms with E-state index in [-0.39, 0.29) is 0 Å². The predicted molar refractivity (Wildman–Crippen MR) is 83.6 cm³/mol. The SMILES string of the molecule is CCCC(=O)N1CC(C)CC(NCC2CCCCC2)C1. The lowest BCUT2D eigenvalue weighted by molar-refractivity contribution is -0.133. The first-order valence-corrected chi connectivity index (χ1v) is 8.70. The topological polar surface area (TPSA) is 32.3 Å². The highest BCUT2D eigenvalue weighted by atomic mass is 16.2. The van der Waals surface area contributed by atoms with Crippen LogP contribution >= 0.6 is 0 Å². The van der Waals surface area contributed by atoms with E-state index in [1.54, 1.807) is 0 Å². The number of hydrogen-bond donors (Lipinski definition) is 1. The van der Waals surface area contributed by atoms with Crippen molar-refractivity contribution in [3.8, 4) is 0 Å². The van der Waals surface area contributed by atoms with E-state index in [1.165, 1.54) is 38.5 Å². The molecule has 2 rings (SSSR count). The minimum atomic E-state index is 0.350. The van der Waals surface area contributed by atoms with E-state index in [1.807, 2.05) is 0 Å². The molecule has 1 saturated heterocycles. The minimum absolute atomic E-state index is 0.350. The van der Waals surface area contributed by atoms with Crippen molar-refractivity contribution in [3.05, 3.63) is 0 Å². The highest BCUT2D eigenvalue weighted by Crippen LogP contribution is 2.24. The van der Waals surface area contributed by atoms with E-state index in [4.69, 9.17) is 0 Å². The van der Waals surface area contributed by atoms with E-state index in [0.717, 1.165) is 32.0 Å². The number of carbonyl (C=O) groups excluding carboxylic acids is 1. The molecule has 0 bridgehead atoms. The molecule has 1 aliphatic heterocycles. The lowest BCUT2D eigenvalue weighted by Crippen LogP contribution is -2.51. The maximum absolute atomic E-state index is 12.1. The lowest BCUT2D eigenvalue weighted by atomic mass is 9.88. The molecule has 1 heterocycles. The molecule has 116 valence electrons. The summed E-state index contributed by atoms with van der Waals surface area (Å²) >= 11 is 0. The van der Waals surface area contributed by atoms with Crippen molar-refractivity contribution < 1.29 is 4.79 Å². The van der Waals surface area contributed by atoms with E-state index >= 15 is 0 Å². The smallest absolute Gasteiger partial charge is 0.222 e. The van der Waals surface area contributed by atoms with Crippen LogP contribution in [0.5, 0.6) is 0 Å². The molecule has 2 atom stereocenters. The van der Waals surface area contributed by atoms with Crippen LogP contribution in [0.1, 0.15) is 65.2 Å². The Labute approximate surface area is 124 Å². The Morgan fingerprint density at radius 3 is 2.65 bits per heavy atom. The van der Waals surface area contributed by atoms with Crippen LogP contribution < -0.4 is 5.32 Å². The average Bonchev–Trinajstić information content (AvgIpc) is 2.46. The number of hydrogen-bond acceptors (Lipinski definition) is 2. The summed E-state index contributed by atoms with van der Waals surface area (Å²) in [5.74, 6) is 1.86. The van der Waals surface area contributed by atoms with Crippen LogP contribution in [0, 0.1) is 11.8 Å². The molecule has 0 radical (unpaired) electrons. The Kier molecular flexibility index (Phi) is 6.34. The van der Waals surface area contributed by atoms with Gasteiger partial charge in [-0.25, -0.2) is 0 Å². The standard InChI is InChI=1S/C17H32N2O/c1-3-7-17(20)19-12-14(2)10-16(13-19)18-11-15-8-5-4-6-9-15/h14-16,18H,3-13H2,1-2H3. The van der Waals surface area contributed by atoms with Gasteiger partial charge in [0.05, 0.1) is 0 Å². The first kappa shape index (κ1) is 15.8. The molecule has 1 saturated carbocycles. The predicted octanol–water partition coefficient (Wildman–Crippen LogP) is 3.19. The van der Waals surface area contributed by atoms with Gasteiger partial charge >= 0.3 is 0 Å². The van der Waals surface area contributed by atoms with Crippen molar-refractivity contribution in [2.45, 2.75) is 71.3 Å². The molecule has 3 heteroatoms. The fourth-order valence-electron chi connectivity index (χ4n) is 3.80. The molecule has 2 unspecified atom stereocenters. The van der Waals surface area contributed by atoms with Gasteiger partial charge in [-0.2, -0.15) is 0 Å². The summed E-state index contributed by atoms with van der Waals surface area (Å²) in [5.41, 5.74) is 0. The summed E-state index contributed by atoms with van der Waals surface area (Å²) in [4.78, 5) is 14.2. The van der Waals surface area contributed by atoms with Gasteiger partial charge in [-0.3, -0.25) is 4.79 Å². The zero-order valence-electron chi connectivity index (χ0n) is 13.4. The molecule has 1 N–H and O–H groups in total. The Morgan fingerprint density at radius 2 is 1.95 bits per heavy atom. The molecule has 3 nitrogen and oxygen atoms in total. The van der Waals surface area contributed by atoms with Gasteiger partial charge in [-0.1, -0.05) is 33.1 Å². The van der Waals surface area contributed by atoms with E-state index in [0.29, 0.717) is 24.3 Å². The van der Waals surface area contributed by atoms with Crippen molar-refractivity contribution in [3.63, 3.8) is 0 Å². The second-order valence-electron chi connectivity index (χ2n) is 7.00. The van der Waals surface area contributed by atoms with E-state index in [9.17, 15) is 4.79 Å². The van der Waals surface area contributed by atoms with Crippen LogP contribution in [0.4, 0.5) is 0 Å². The van der Waals surface area contributed by atoms with Crippen molar-refractivity contribution in [2.75, 3.05) is 19.6 Å². The van der Waals surface area contributed by atoms with Gasteiger partial charge in [0.1, 0.15) is 0 Å². The molecule has 20 heavy (non-hydrogen) atoms. The van der Waals surface area contributed by atoms with Crippen molar-refractivity contribution in [1.29, 1.82) is 0 Å². The molecule has 2 aliphatic rings. The van der Waals surface area contributed by atoms with Crippen molar-refractivity contribution in [1.82, 2.24) is 10.2 Å². The zero-order valence-corrected chi connectivity index (χ0v) is 13.4. The molecular weight excluding hydrogens is 248 g/mol. The van der Waals surface area contributed by atoms with E-state index < -0.39 is 0 Å². The van der Waals surface area contributed by atoms with Gasteiger partial charge in [0, 0.05) is 25.6 Å². The largest absolute Gasteiger partial charge is 0.341 e. The zero-order chi connectivity index (χ0) is 14.4. The Bertz CT molecular complexity index is 299. The van der Waals surface area contributed by atoms with Gasteiger partial charge < -0.3 is 10.2 Å². The summed E-state index contributed by atoms with van der Waals surface area (Å²) in [6.07, 6.45) is 9.94. The number of piperidine rings is 1. The molecule has 0 aromatic heterocycles. The average molecular weight is 280 g/mol. The normalized spacial score (nSPS) is 28.6. The van der Waals surface area contributed by atoms with Crippen LogP contribution in [0.3, 0.4) is 0 Å². The number of rotatable bonds is 5. The Balaban J connectivity index is 1.76. The number of amides is 1. The number of nitrogens with zero attached hydrogens (tertiary/aromatic N) is 1. The fraction of sp³-hybridized carbons (Fsp3) is 0.941. The molecule has 0 aromatic rings. The monoisotopic (exact) mass is 280 g/mol. The summed E-state index contributed by atoms with van der Waals surface area (Å²) in [6.45, 7) is 7.41. The Morgan fingerprint density at radius 1 is 1.20 bits per heavy atom. The highest BCUT2D eigenvalue weighted by molar-refractivity contribution is 5.76. The summed E-state index contributed by atoms with van der Waals surface area (Å²) < 4.78 is 0. The molecule has 1 amide bonds. The van der Waals surface area contributed by atoms with Crippen molar-refractivity contribution in [2.24, 2.45) is 11.8 Å². The van der Waals surface area contributed by atoms with E-state index in [2.05, 4.69) is 24.1 Å². The third-order valence-electron chi connectivity index (χ3n) is 4.90. The molecule has 1 aliphatic carbocycles. The van der Waals surface area contributed by atoms with Crippen LogP contribution in [0.25, 0.3) is 0 Å². The molecule has 0 spiro atoms. The molecular formula is C17H32N2O. The first-order chi connectivity index (χ1) is 9.69. The minimum Gasteiger partial charge on any atom is -0.341 e. The van der Waals surface area contributed by atoms with Gasteiger partial charge in [0.25, 0.3) is 0 Å². The van der Waals surface area contributed by atoms with Crippen LogP contribution in [0.15, 0.2) is 0 Å². The maximum Gasteiger partial charge on any atom is 0.222 e. The van der Waals surface area contributed by atoms with Gasteiger partial charge in [-0.05, 0) is 44.1 Å². The second kappa shape index (κ2) is 8.02. The van der Waals surface area contributed by atoms with Gasteiger partial charge in [-0.15, -0.1) is 0 Å². The molecule has 2 fully saturated rings. The van der Waals surface area contributed by atoms with Crippen LogP contribution in [-0.2, 0) is 4.79 Å². The van der Waals surface area contributed by atoms with Crippen molar-refractivity contribution >= 4 is 5.91 Å². The number of likely N-dealkylation sites (tertiary alicyclic amines) is 1. The molecule has 0 aromatic carbocycles. The third kappa shape index (κ3) is 4.76. The van der Waals surface area contributed by atoms with Crippen LogP contribution in [0.2, 0.25) is 0 Å². The summed E-state index contributed by atoms with van der Waals surface area (Å²) in [6, 6.07) is 0.515. The summed E-state index contributed by atoms with van der Waals surface area (Å²) in [5, 5.41) is 3.75. The summed E-state index contributed by atoms with van der Waals surface area (Å²) in [7, 11) is 0. The fourth-order valence-corrected chi connectivity index (χ4v) is 3.80. The maximum atomic E-state index is 12.1. The second-order valence-corrected chi connectivity index (χ2v) is 7.00. The number of nitrogens with one attached hydrogen (secondary N) is 1. The first-order valence-electron chi connectivity index (χ1n) is 8.70. The quantitative estimate of drug-likeness (QED) is 0.839. The Hall–Kier alpha value is -0.570.